The quantitative estimate of drug-likeness (QED) is 0.688. The second kappa shape index (κ2) is 7.14. The minimum atomic E-state index is -4.74. The first kappa shape index (κ1) is 18.5. The average Bonchev–Trinajstić information content (AvgIpc) is 2.99. The normalized spacial score (nSPS) is 11.4. The summed E-state index contributed by atoms with van der Waals surface area (Å²) < 4.78 is 42.8. The molecule has 3 aromatic rings. The smallest absolute Gasteiger partial charge is 0.406 e. The van der Waals surface area contributed by atoms with E-state index in [1.54, 1.807) is 18.5 Å². The Labute approximate surface area is 153 Å². The van der Waals surface area contributed by atoms with Crippen LogP contribution in [0.25, 0.3) is 22.2 Å². The molecule has 0 radical (unpaired) electrons. The van der Waals surface area contributed by atoms with Gasteiger partial charge >= 0.3 is 6.36 Å². The van der Waals surface area contributed by atoms with Crippen LogP contribution in [0.4, 0.5) is 13.2 Å². The van der Waals surface area contributed by atoms with Gasteiger partial charge in [0.2, 0.25) is 5.91 Å². The molecule has 1 amide bonds. The van der Waals surface area contributed by atoms with Crippen molar-refractivity contribution >= 4 is 16.9 Å². The Bertz CT molecular complexity index is 992. The molecule has 0 aliphatic heterocycles. The predicted molar refractivity (Wildman–Crippen MR) is 94.9 cm³/mol. The number of alkyl halides is 3. The third-order valence-electron chi connectivity index (χ3n) is 3.92. The first-order valence-electron chi connectivity index (χ1n) is 7.97. The van der Waals surface area contributed by atoms with Gasteiger partial charge in [-0.05, 0) is 41.5 Å². The number of amides is 1. The molecule has 5 nitrogen and oxygen atoms in total. The average molecular weight is 375 g/mol. The molecule has 0 saturated heterocycles. The highest BCUT2D eigenvalue weighted by Gasteiger charge is 2.31. The van der Waals surface area contributed by atoms with Crippen LogP contribution in [0, 0.1) is 0 Å². The van der Waals surface area contributed by atoms with Gasteiger partial charge in [0.25, 0.3) is 0 Å². The maximum absolute atomic E-state index is 12.3. The molecule has 0 spiro atoms. The maximum Gasteiger partial charge on any atom is 0.573 e. The number of imidazole rings is 1. The van der Waals surface area contributed by atoms with E-state index in [1.807, 2.05) is 23.7 Å². The molecule has 0 fully saturated rings. The lowest BCUT2D eigenvalue weighted by Gasteiger charge is -2.12. The Morgan fingerprint density at radius 3 is 2.63 bits per heavy atom. The fraction of sp³-hybridized carbons (Fsp3) is 0.158. The maximum atomic E-state index is 12.3. The van der Waals surface area contributed by atoms with E-state index in [0.29, 0.717) is 11.1 Å². The Morgan fingerprint density at radius 2 is 2.00 bits per heavy atom. The zero-order valence-corrected chi connectivity index (χ0v) is 14.4. The Balaban J connectivity index is 2.00. The lowest BCUT2D eigenvalue weighted by Crippen LogP contribution is -2.19. The highest BCUT2D eigenvalue weighted by molar-refractivity contribution is 5.93. The molecule has 0 unspecified atom stereocenters. The van der Waals surface area contributed by atoms with Gasteiger partial charge in [0.1, 0.15) is 5.75 Å². The van der Waals surface area contributed by atoms with Crippen LogP contribution in [0.15, 0.2) is 55.4 Å². The number of benzene rings is 2. The second-order valence-corrected chi connectivity index (χ2v) is 5.86. The lowest BCUT2D eigenvalue weighted by molar-refractivity contribution is -0.274. The SMILES string of the molecule is C=CC(=O)NCc1cc(-c2ccc(OC(F)(F)F)cc2)c2c(c1)ncn2C. The molecular weight excluding hydrogens is 359 g/mol. The summed E-state index contributed by atoms with van der Waals surface area (Å²) in [6, 6.07) is 9.34. The van der Waals surface area contributed by atoms with Crippen molar-refractivity contribution in [3.05, 3.63) is 60.9 Å². The van der Waals surface area contributed by atoms with Crippen molar-refractivity contribution in [2.45, 2.75) is 12.9 Å². The van der Waals surface area contributed by atoms with Crippen LogP contribution in [-0.2, 0) is 18.4 Å². The number of carbonyl (C=O) groups is 1. The summed E-state index contributed by atoms with van der Waals surface area (Å²) in [7, 11) is 1.83. The summed E-state index contributed by atoms with van der Waals surface area (Å²) in [5.41, 5.74) is 3.85. The van der Waals surface area contributed by atoms with Crippen LogP contribution >= 0.6 is 0 Å². The first-order valence-corrected chi connectivity index (χ1v) is 7.97. The topological polar surface area (TPSA) is 56.1 Å². The van der Waals surface area contributed by atoms with Gasteiger partial charge in [-0.25, -0.2) is 4.98 Å². The number of halogens is 3. The fourth-order valence-electron chi connectivity index (χ4n) is 2.77. The van der Waals surface area contributed by atoms with E-state index >= 15 is 0 Å². The molecule has 1 N–H and O–H groups in total. The van der Waals surface area contributed by atoms with Crippen LogP contribution in [0.2, 0.25) is 0 Å². The summed E-state index contributed by atoms with van der Waals surface area (Å²) in [5.74, 6) is -0.590. The van der Waals surface area contributed by atoms with E-state index in [4.69, 9.17) is 0 Å². The molecule has 8 heteroatoms. The van der Waals surface area contributed by atoms with E-state index in [9.17, 15) is 18.0 Å². The number of rotatable bonds is 5. The number of aromatic nitrogens is 2. The summed E-state index contributed by atoms with van der Waals surface area (Å²) in [4.78, 5) is 15.7. The van der Waals surface area contributed by atoms with Gasteiger partial charge in [0, 0.05) is 19.2 Å². The zero-order valence-electron chi connectivity index (χ0n) is 14.4. The Hall–Kier alpha value is -3.29. The van der Waals surface area contributed by atoms with Gasteiger partial charge in [-0.3, -0.25) is 4.79 Å². The Kier molecular flexibility index (Phi) is 4.89. The third kappa shape index (κ3) is 4.28. The molecule has 0 aliphatic rings. The Morgan fingerprint density at radius 1 is 1.30 bits per heavy atom. The van der Waals surface area contributed by atoms with Crippen LogP contribution in [0.3, 0.4) is 0 Å². The summed E-state index contributed by atoms with van der Waals surface area (Å²) in [5, 5.41) is 2.70. The molecule has 27 heavy (non-hydrogen) atoms. The molecule has 1 heterocycles. The largest absolute Gasteiger partial charge is 0.573 e. The highest BCUT2D eigenvalue weighted by atomic mass is 19.4. The van der Waals surface area contributed by atoms with Gasteiger partial charge < -0.3 is 14.6 Å². The van der Waals surface area contributed by atoms with Gasteiger partial charge in [-0.2, -0.15) is 0 Å². The van der Waals surface area contributed by atoms with Crippen molar-refractivity contribution in [3.8, 4) is 16.9 Å². The number of carbonyl (C=O) groups excluding carboxylic acids is 1. The van der Waals surface area contributed by atoms with E-state index in [2.05, 4.69) is 21.6 Å². The number of nitrogens with zero attached hydrogens (tertiary/aromatic N) is 2. The van der Waals surface area contributed by atoms with Crippen LogP contribution in [0.1, 0.15) is 5.56 Å². The molecular formula is C19H16F3N3O2. The van der Waals surface area contributed by atoms with Crippen molar-refractivity contribution < 1.29 is 22.7 Å². The van der Waals surface area contributed by atoms with E-state index in [-0.39, 0.29) is 18.2 Å². The molecule has 0 saturated carbocycles. The van der Waals surface area contributed by atoms with Crippen molar-refractivity contribution in [1.82, 2.24) is 14.9 Å². The third-order valence-corrected chi connectivity index (χ3v) is 3.92. The molecule has 140 valence electrons. The van der Waals surface area contributed by atoms with Crippen LogP contribution in [0.5, 0.6) is 5.75 Å². The number of hydrogen-bond acceptors (Lipinski definition) is 3. The van der Waals surface area contributed by atoms with Crippen molar-refractivity contribution in [2.75, 3.05) is 0 Å². The van der Waals surface area contributed by atoms with Crippen LogP contribution in [-0.4, -0.2) is 21.8 Å². The number of aryl methyl sites for hydroxylation is 1. The van der Waals surface area contributed by atoms with E-state index in [1.165, 1.54) is 18.2 Å². The monoisotopic (exact) mass is 375 g/mol. The summed E-state index contributed by atoms with van der Waals surface area (Å²) >= 11 is 0. The number of hydrogen-bond donors (Lipinski definition) is 1. The second-order valence-electron chi connectivity index (χ2n) is 5.86. The number of fused-ring (bicyclic) bond motifs is 1. The zero-order chi connectivity index (χ0) is 19.6. The van der Waals surface area contributed by atoms with Gasteiger partial charge in [0.15, 0.2) is 0 Å². The molecule has 1 aromatic heterocycles. The van der Waals surface area contributed by atoms with Crippen LogP contribution < -0.4 is 10.1 Å². The van der Waals surface area contributed by atoms with Crippen molar-refractivity contribution in [2.24, 2.45) is 7.05 Å². The van der Waals surface area contributed by atoms with Crippen molar-refractivity contribution in [1.29, 1.82) is 0 Å². The van der Waals surface area contributed by atoms with Gasteiger partial charge in [-0.1, -0.05) is 18.7 Å². The highest BCUT2D eigenvalue weighted by Crippen LogP contribution is 2.32. The number of nitrogens with one attached hydrogen (secondary N) is 1. The van der Waals surface area contributed by atoms with Gasteiger partial charge in [0.05, 0.1) is 17.4 Å². The summed E-state index contributed by atoms with van der Waals surface area (Å²) in [6.07, 6.45) is -1.90. The lowest BCUT2D eigenvalue weighted by atomic mass is 10.0. The minimum Gasteiger partial charge on any atom is -0.406 e. The summed E-state index contributed by atoms with van der Waals surface area (Å²) in [6.45, 7) is 3.68. The first-order chi connectivity index (χ1) is 12.8. The predicted octanol–water partition coefficient (Wildman–Crippen LogP) is 3.94. The van der Waals surface area contributed by atoms with Gasteiger partial charge in [-0.15, -0.1) is 13.2 Å². The van der Waals surface area contributed by atoms with Crippen molar-refractivity contribution in [3.63, 3.8) is 0 Å². The standard InChI is InChI=1S/C19H16F3N3O2/c1-3-17(26)23-10-12-8-15(18-16(9-12)24-11-25(18)2)13-4-6-14(7-5-13)27-19(20,21)22/h3-9,11H,1,10H2,2H3,(H,23,26). The molecule has 3 rings (SSSR count). The fourth-order valence-corrected chi connectivity index (χ4v) is 2.77. The molecule has 2 aromatic carbocycles. The van der Waals surface area contributed by atoms with E-state index < -0.39 is 6.36 Å². The molecule has 0 atom stereocenters. The molecule has 0 aliphatic carbocycles. The number of ether oxygens (including phenoxy) is 1. The molecule has 0 bridgehead atoms. The van der Waals surface area contributed by atoms with E-state index in [0.717, 1.165) is 16.6 Å². The minimum absolute atomic E-state index is 0.277.